The number of aryl methyl sites for hydroxylation is 2. The number of hydrogen-bond donors (Lipinski definition) is 0. The number of ketones is 1. The van der Waals surface area contributed by atoms with Crippen LogP contribution in [0.15, 0.2) is 24.3 Å². The predicted octanol–water partition coefficient (Wildman–Crippen LogP) is 3.79. The van der Waals surface area contributed by atoms with E-state index in [9.17, 15) is 9.59 Å². The molecule has 0 bridgehead atoms. The summed E-state index contributed by atoms with van der Waals surface area (Å²) in [7, 11) is 0. The van der Waals surface area contributed by atoms with Crippen LogP contribution in [0.1, 0.15) is 56.4 Å². The Morgan fingerprint density at radius 2 is 2.04 bits per heavy atom. The van der Waals surface area contributed by atoms with Crippen molar-refractivity contribution < 1.29 is 14.3 Å². The van der Waals surface area contributed by atoms with Gasteiger partial charge in [-0.05, 0) is 38.8 Å². The number of thiazole rings is 1. The molecule has 6 heteroatoms. The highest BCUT2D eigenvalue weighted by atomic mass is 32.1. The van der Waals surface area contributed by atoms with E-state index in [0.29, 0.717) is 37.2 Å². The van der Waals surface area contributed by atoms with Crippen LogP contribution in [0.4, 0.5) is 0 Å². The summed E-state index contributed by atoms with van der Waals surface area (Å²) in [5.74, 6) is 0.866. The molecular weight excluding hydrogens is 348 g/mol. The second-order valence-electron chi connectivity index (χ2n) is 7.17. The first-order valence-corrected chi connectivity index (χ1v) is 9.84. The molecule has 1 aromatic carbocycles. The number of nitrogens with zero attached hydrogens (tertiary/aromatic N) is 2. The van der Waals surface area contributed by atoms with E-state index in [2.05, 4.69) is 4.98 Å². The van der Waals surface area contributed by atoms with E-state index in [1.54, 1.807) is 0 Å². The van der Waals surface area contributed by atoms with Gasteiger partial charge in [0.15, 0.2) is 5.78 Å². The molecule has 1 atom stereocenters. The number of amides is 1. The van der Waals surface area contributed by atoms with Crippen molar-refractivity contribution in [1.29, 1.82) is 0 Å². The lowest BCUT2D eigenvalue weighted by molar-refractivity contribution is 0.0300. The van der Waals surface area contributed by atoms with Crippen LogP contribution >= 0.6 is 11.3 Å². The Labute approximate surface area is 157 Å². The van der Waals surface area contributed by atoms with E-state index in [-0.39, 0.29) is 11.7 Å². The molecule has 5 nitrogen and oxygen atoms in total. The molecule has 0 radical (unpaired) electrons. The Morgan fingerprint density at radius 3 is 2.81 bits per heavy atom. The molecule has 0 N–H and O–H groups in total. The van der Waals surface area contributed by atoms with Crippen molar-refractivity contribution in [2.45, 2.75) is 45.1 Å². The summed E-state index contributed by atoms with van der Waals surface area (Å²) in [5, 5.41) is 0.912. The highest BCUT2D eigenvalue weighted by molar-refractivity contribution is 7.13. The summed E-state index contributed by atoms with van der Waals surface area (Å²) < 4.78 is 6.30. The van der Waals surface area contributed by atoms with Gasteiger partial charge >= 0.3 is 0 Å². The van der Waals surface area contributed by atoms with Gasteiger partial charge in [-0.2, -0.15) is 0 Å². The van der Waals surface area contributed by atoms with Gasteiger partial charge in [-0.15, -0.1) is 11.3 Å². The molecule has 3 heterocycles. The molecule has 1 amide bonds. The normalized spacial score (nSPS) is 22.7. The maximum absolute atomic E-state index is 12.9. The molecule has 1 unspecified atom stereocenters. The fourth-order valence-electron chi connectivity index (χ4n) is 3.97. The van der Waals surface area contributed by atoms with E-state index >= 15 is 0 Å². The van der Waals surface area contributed by atoms with Crippen LogP contribution < -0.4 is 4.74 Å². The number of carbonyl (C=O) groups excluding carboxylic acids is 2. The molecule has 2 aliphatic rings. The fourth-order valence-corrected chi connectivity index (χ4v) is 4.85. The predicted molar refractivity (Wildman–Crippen MR) is 100 cm³/mol. The maximum Gasteiger partial charge on any atom is 0.265 e. The second-order valence-corrected chi connectivity index (χ2v) is 8.38. The molecule has 1 aromatic heterocycles. The standard InChI is InChI=1S/C20H22N2O3S/c1-13-18(26-14(2)21-13)19(24)22-10-5-8-20(9-11-22)12-16(23)15-6-3-4-7-17(15)25-20/h3-4,6-7H,5,8-12H2,1-2H3. The molecule has 1 fully saturated rings. The smallest absolute Gasteiger partial charge is 0.265 e. The minimum atomic E-state index is -0.487. The molecule has 0 saturated carbocycles. The first-order chi connectivity index (χ1) is 12.5. The fraction of sp³-hybridized carbons (Fsp3) is 0.450. The summed E-state index contributed by atoms with van der Waals surface area (Å²) in [5.41, 5.74) is 0.986. The third-order valence-electron chi connectivity index (χ3n) is 5.28. The van der Waals surface area contributed by atoms with Gasteiger partial charge < -0.3 is 9.64 Å². The minimum Gasteiger partial charge on any atom is -0.486 e. The van der Waals surface area contributed by atoms with Gasteiger partial charge in [-0.3, -0.25) is 9.59 Å². The molecule has 4 rings (SSSR count). The molecular formula is C20H22N2O3S. The van der Waals surface area contributed by atoms with Crippen molar-refractivity contribution in [2.24, 2.45) is 0 Å². The van der Waals surface area contributed by atoms with E-state index < -0.39 is 5.60 Å². The SMILES string of the molecule is Cc1nc(C)c(C(=O)N2CCCC3(CC2)CC(=O)c2ccccc2O3)s1. The van der Waals surface area contributed by atoms with Crippen LogP contribution in [-0.4, -0.2) is 40.3 Å². The molecule has 26 heavy (non-hydrogen) atoms. The molecule has 1 spiro atoms. The van der Waals surface area contributed by atoms with Crippen molar-refractivity contribution in [2.75, 3.05) is 13.1 Å². The minimum absolute atomic E-state index is 0.0488. The van der Waals surface area contributed by atoms with Crippen LogP contribution in [0.2, 0.25) is 0 Å². The van der Waals surface area contributed by atoms with Crippen LogP contribution in [-0.2, 0) is 0 Å². The Kier molecular flexibility index (Phi) is 4.31. The molecule has 136 valence electrons. The lowest BCUT2D eigenvalue weighted by Gasteiger charge is -2.37. The van der Waals surface area contributed by atoms with Crippen molar-refractivity contribution in [1.82, 2.24) is 9.88 Å². The Balaban J connectivity index is 1.53. The highest BCUT2D eigenvalue weighted by Crippen LogP contribution is 2.39. The summed E-state index contributed by atoms with van der Waals surface area (Å²) in [6.45, 7) is 5.10. The zero-order chi connectivity index (χ0) is 18.3. The highest BCUT2D eigenvalue weighted by Gasteiger charge is 2.42. The maximum atomic E-state index is 12.9. The van der Waals surface area contributed by atoms with Gasteiger partial charge in [-0.25, -0.2) is 4.98 Å². The van der Waals surface area contributed by atoms with E-state index in [0.717, 1.165) is 28.4 Å². The lowest BCUT2D eigenvalue weighted by atomic mass is 9.84. The zero-order valence-corrected chi connectivity index (χ0v) is 15.9. The van der Waals surface area contributed by atoms with Crippen LogP contribution in [0, 0.1) is 13.8 Å². The van der Waals surface area contributed by atoms with Crippen molar-refractivity contribution in [3.63, 3.8) is 0 Å². The molecule has 0 aliphatic carbocycles. The number of rotatable bonds is 1. The lowest BCUT2D eigenvalue weighted by Crippen LogP contribution is -2.43. The van der Waals surface area contributed by atoms with E-state index in [4.69, 9.17) is 4.74 Å². The zero-order valence-electron chi connectivity index (χ0n) is 15.1. The summed E-state index contributed by atoms with van der Waals surface area (Å²) in [6.07, 6.45) is 2.69. The number of benzene rings is 1. The van der Waals surface area contributed by atoms with Crippen molar-refractivity contribution >= 4 is 23.0 Å². The summed E-state index contributed by atoms with van der Waals surface area (Å²) >= 11 is 1.45. The van der Waals surface area contributed by atoms with Crippen LogP contribution in [0.25, 0.3) is 0 Å². The number of carbonyl (C=O) groups is 2. The second kappa shape index (κ2) is 6.50. The summed E-state index contributed by atoms with van der Waals surface area (Å²) in [6, 6.07) is 7.45. The van der Waals surface area contributed by atoms with Crippen molar-refractivity contribution in [3.8, 4) is 5.75 Å². The summed E-state index contributed by atoms with van der Waals surface area (Å²) in [4.78, 5) is 32.5. The van der Waals surface area contributed by atoms with Gasteiger partial charge in [0.1, 0.15) is 16.2 Å². The number of hydrogen-bond acceptors (Lipinski definition) is 5. The average Bonchev–Trinajstić information content (AvgIpc) is 2.83. The third kappa shape index (κ3) is 3.03. The van der Waals surface area contributed by atoms with Gasteiger partial charge in [0.25, 0.3) is 5.91 Å². The first kappa shape index (κ1) is 17.2. The van der Waals surface area contributed by atoms with Gasteiger partial charge in [0.05, 0.1) is 22.7 Å². The van der Waals surface area contributed by atoms with Gasteiger partial charge in [-0.1, -0.05) is 12.1 Å². The number of aromatic nitrogens is 1. The number of likely N-dealkylation sites (tertiary alicyclic amines) is 1. The van der Waals surface area contributed by atoms with E-state index in [1.807, 2.05) is 43.0 Å². The number of fused-ring (bicyclic) bond motifs is 1. The van der Waals surface area contributed by atoms with Gasteiger partial charge in [0, 0.05) is 19.5 Å². The number of Topliss-reactive ketones (excluding diaryl/α,β-unsaturated/α-hetero) is 1. The molecule has 2 aliphatic heterocycles. The number of ether oxygens (including phenoxy) is 1. The Bertz CT molecular complexity index is 876. The first-order valence-electron chi connectivity index (χ1n) is 9.02. The average molecular weight is 370 g/mol. The monoisotopic (exact) mass is 370 g/mol. The quantitative estimate of drug-likeness (QED) is 0.766. The van der Waals surface area contributed by atoms with Crippen LogP contribution in [0.3, 0.4) is 0 Å². The van der Waals surface area contributed by atoms with Crippen molar-refractivity contribution in [3.05, 3.63) is 45.4 Å². The van der Waals surface area contributed by atoms with Gasteiger partial charge in [0.2, 0.25) is 0 Å². The largest absolute Gasteiger partial charge is 0.486 e. The molecule has 2 aromatic rings. The topological polar surface area (TPSA) is 59.5 Å². The number of para-hydroxylation sites is 1. The van der Waals surface area contributed by atoms with E-state index in [1.165, 1.54) is 11.3 Å². The Morgan fingerprint density at radius 1 is 1.23 bits per heavy atom. The van der Waals surface area contributed by atoms with Crippen LogP contribution in [0.5, 0.6) is 5.75 Å². The Hall–Kier alpha value is -2.21. The molecule has 1 saturated heterocycles. The third-order valence-corrected chi connectivity index (χ3v) is 6.34.